The Kier molecular flexibility index (Phi) is 2.51. The van der Waals surface area contributed by atoms with Gasteiger partial charge in [0.2, 0.25) is 0 Å². The number of thiazole rings is 1. The van der Waals surface area contributed by atoms with E-state index >= 15 is 0 Å². The molecule has 0 aromatic carbocycles. The topological polar surface area (TPSA) is 33.2 Å². The maximum Gasteiger partial charge on any atom is 0.186 e. The summed E-state index contributed by atoms with van der Waals surface area (Å²) in [6, 6.07) is 0. The molecule has 2 heterocycles. The summed E-state index contributed by atoms with van der Waals surface area (Å²) in [6.07, 6.45) is 3.88. The summed E-state index contributed by atoms with van der Waals surface area (Å²) in [5.74, 6) is 0.299. The van der Waals surface area contributed by atoms with Gasteiger partial charge in [0, 0.05) is 19.5 Å². The Labute approximate surface area is 106 Å². The molecule has 1 aromatic heterocycles. The van der Waals surface area contributed by atoms with E-state index < -0.39 is 0 Å². The van der Waals surface area contributed by atoms with Crippen LogP contribution in [0.5, 0.6) is 0 Å². The number of aryl methyl sites for hydroxylation is 1. The summed E-state index contributed by atoms with van der Waals surface area (Å²) in [6.45, 7) is 6.73. The van der Waals surface area contributed by atoms with Gasteiger partial charge in [0.05, 0.1) is 10.6 Å². The number of ketones is 1. The molecule has 0 unspecified atom stereocenters. The number of Topliss-reactive ketones (excluding diaryl/α,β-unsaturated/α-hetero) is 1. The third-order valence-electron chi connectivity index (χ3n) is 3.70. The van der Waals surface area contributed by atoms with Crippen molar-refractivity contribution < 1.29 is 4.79 Å². The molecule has 0 amide bonds. The first-order valence-corrected chi connectivity index (χ1v) is 7.15. The number of carbonyl (C=O) groups is 1. The van der Waals surface area contributed by atoms with Crippen LogP contribution in [0.3, 0.4) is 0 Å². The number of anilines is 1. The first-order chi connectivity index (χ1) is 8.05. The zero-order valence-corrected chi connectivity index (χ0v) is 11.3. The number of rotatable bonds is 1. The molecule has 1 aliphatic heterocycles. The van der Waals surface area contributed by atoms with Crippen molar-refractivity contribution in [3.63, 3.8) is 0 Å². The molecule has 0 saturated carbocycles. The molecule has 3 nitrogen and oxygen atoms in total. The van der Waals surface area contributed by atoms with Crippen LogP contribution in [-0.2, 0) is 6.42 Å². The molecule has 0 radical (unpaired) electrons. The summed E-state index contributed by atoms with van der Waals surface area (Å²) in [4.78, 5) is 19.7. The molecule has 1 aromatic rings. The maximum absolute atomic E-state index is 11.8. The highest BCUT2D eigenvalue weighted by atomic mass is 32.1. The molecule has 92 valence electrons. The lowest BCUT2D eigenvalue weighted by Gasteiger charge is -2.18. The van der Waals surface area contributed by atoms with Crippen LogP contribution in [0.25, 0.3) is 0 Å². The van der Waals surface area contributed by atoms with E-state index in [1.807, 2.05) is 0 Å². The van der Waals surface area contributed by atoms with Crippen LogP contribution in [0.15, 0.2) is 0 Å². The molecular formula is C13H18N2OS. The van der Waals surface area contributed by atoms with Gasteiger partial charge >= 0.3 is 0 Å². The second-order valence-corrected chi connectivity index (χ2v) is 6.86. The average Bonchev–Trinajstić information content (AvgIpc) is 2.82. The fourth-order valence-corrected chi connectivity index (χ4v) is 3.77. The smallest absolute Gasteiger partial charge is 0.186 e. The second-order valence-electron chi connectivity index (χ2n) is 5.88. The highest BCUT2D eigenvalue weighted by molar-refractivity contribution is 7.17. The van der Waals surface area contributed by atoms with Crippen molar-refractivity contribution in [3.8, 4) is 0 Å². The Morgan fingerprint density at radius 2 is 2.18 bits per heavy atom. The van der Waals surface area contributed by atoms with Crippen LogP contribution in [0, 0.1) is 5.41 Å². The van der Waals surface area contributed by atoms with Gasteiger partial charge in [-0.25, -0.2) is 4.98 Å². The number of carbonyl (C=O) groups excluding carboxylic acids is 1. The van der Waals surface area contributed by atoms with Crippen LogP contribution in [0.2, 0.25) is 0 Å². The van der Waals surface area contributed by atoms with Crippen molar-refractivity contribution in [1.29, 1.82) is 0 Å². The molecule has 0 N–H and O–H groups in total. The minimum absolute atomic E-state index is 0.299. The minimum Gasteiger partial charge on any atom is -0.348 e. The van der Waals surface area contributed by atoms with Gasteiger partial charge in [0.1, 0.15) is 0 Å². The van der Waals surface area contributed by atoms with Crippen molar-refractivity contribution in [2.75, 3.05) is 18.0 Å². The molecule has 2 aliphatic rings. The standard InChI is InChI=1S/C13H18N2OS/c1-13(2)6-7-15(8-13)12-14-9-4-3-5-10(16)11(9)17-12/h3-8H2,1-2H3. The molecule has 4 heteroatoms. The molecule has 1 fully saturated rings. The lowest BCUT2D eigenvalue weighted by atomic mass is 9.93. The predicted octanol–water partition coefficient (Wildman–Crippen LogP) is 2.90. The van der Waals surface area contributed by atoms with Gasteiger partial charge < -0.3 is 4.90 Å². The van der Waals surface area contributed by atoms with Gasteiger partial charge in [-0.1, -0.05) is 25.2 Å². The zero-order valence-electron chi connectivity index (χ0n) is 10.5. The monoisotopic (exact) mass is 250 g/mol. The van der Waals surface area contributed by atoms with E-state index in [2.05, 4.69) is 23.7 Å². The van der Waals surface area contributed by atoms with Crippen molar-refractivity contribution in [3.05, 3.63) is 10.6 Å². The first kappa shape index (κ1) is 11.2. The largest absolute Gasteiger partial charge is 0.348 e. The number of aromatic nitrogens is 1. The van der Waals surface area contributed by atoms with E-state index in [9.17, 15) is 4.79 Å². The summed E-state index contributed by atoms with van der Waals surface area (Å²) < 4.78 is 0. The van der Waals surface area contributed by atoms with Crippen molar-refractivity contribution in [1.82, 2.24) is 4.98 Å². The van der Waals surface area contributed by atoms with E-state index in [1.165, 1.54) is 6.42 Å². The molecule has 0 bridgehead atoms. The highest BCUT2D eigenvalue weighted by Crippen LogP contribution is 2.37. The maximum atomic E-state index is 11.8. The lowest BCUT2D eigenvalue weighted by Crippen LogP contribution is -2.22. The number of hydrogen-bond donors (Lipinski definition) is 0. The fraction of sp³-hybridized carbons (Fsp3) is 0.692. The second kappa shape index (κ2) is 3.80. The summed E-state index contributed by atoms with van der Waals surface area (Å²) in [7, 11) is 0. The number of hydrogen-bond acceptors (Lipinski definition) is 4. The van der Waals surface area contributed by atoms with Crippen LogP contribution >= 0.6 is 11.3 Å². The first-order valence-electron chi connectivity index (χ1n) is 6.33. The third-order valence-corrected chi connectivity index (χ3v) is 4.90. The van der Waals surface area contributed by atoms with Gasteiger partial charge in [0.25, 0.3) is 0 Å². The highest BCUT2D eigenvalue weighted by Gasteiger charge is 2.32. The molecule has 0 spiro atoms. The normalized spacial score (nSPS) is 22.9. The molecule has 17 heavy (non-hydrogen) atoms. The van der Waals surface area contributed by atoms with E-state index in [1.54, 1.807) is 11.3 Å². The Balaban J connectivity index is 1.88. The Bertz CT molecular complexity index is 464. The SMILES string of the molecule is CC1(C)CCN(c2nc3c(s2)C(=O)CCC3)C1. The summed E-state index contributed by atoms with van der Waals surface area (Å²) >= 11 is 1.61. The van der Waals surface area contributed by atoms with Crippen molar-refractivity contribution in [2.45, 2.75) is 39.5 Å². The van der Waals surface area contributed by atoms with Crippen LogP contribution in [0.1, 0.15) is 48.5 Å². The van der Waals surface area contributed by atoms with Crippen LogP contribution in [0.4, 0.5) is 5.13 Å². The van der Waals surface area contributed by atoms with Crippen LogP contribution < -0.4 is 4.90 Å². The average molecular weight is 250 g/mol. The Morgan fingerprint density at radius 1 is 1.35 bits per heavy atom. The lowest BCUT2D eigenvalue weighted by molar-refractivity contribution is 0.0976. The van der Waals surface area contributed by atoms with Gasteiger partial charge in [-0.05, 0) is 24.7 Å². The van der Waals surface area contributed by atoms with E-state index in [-0.39, 0.29) is 0 Å². The summed E-state index contributed by atoms with van der Waals surface area (Å²) in [5.41, 5.74) is 1.43. The molecule has 1 saturated heterocycles. The van der Waals surface area contributed by atoms with Gasteiger partial charge in [-0.15, -0.1) is 0 Å². The molecule has 0 atom stereocenters. The molecule has 1 aliphatic carbocycles. The van der Waals surface area contributed by atoms with Gasteiger partial charge in [0.15, 0.2) is 10.9 Å². The van der Waals surface area contributed by atoms with Gasteiger partial charge in [-0.2, -0.15) is 0 Å². The van der Waals surface area contributed by atoms with Crippen molar-refractivity contribution >= 4 is 22.3 Å². The van der Waals surface area contributed by atoms with Crippen molar-refractivity contribution in [2.24, 2.45) is 5.41 Å². The molecule has 3 rings (SSSR count). The predicted molar refractivity (Wildman–Crippen MR) is 70.0 cm³/mol. The Hall–Kier alpha value is -0.900. The number of fused-ring (bicyclic) bond motifs is 1. The zero-order chi connectivity index (χ0) is 12.0. The minimum atomic E-state index is 0.299. The fourth-order valence-electron chi connectivity index (χ4n) is 2.67. The van der Waals surface area contributed by atoms with E-state index in [4.69, 9.17) is 0 Å². The third kappa shape index (κ3) is 1.99. The quantitative estimate of drug-likeness (QED) is 0.768. The van der Waals surface area contributed by atoms with Gasteiger partial charge in [-0.3, -0.25) is 4.79 Å². The number of nitrogens with zero attached hydrogens (tertiary/aromatic N) is 2. The van der Waals surface area contributed by atoms with E-state index in [0.29, 0.717) is 17.6 Å². The van der Waals surface area contributed by atoms with E-state index in [0.717, 1.165) is 41.6 Å². The van der Waals surface area contributed by atoms with Crippen LogP contribution in [-0.4, -0.2) is 23.9 Å². The molecular weight excluding hydrogens is 232 g/mol. The summed E-state index contributed by atoms with van der Waals surface area (Å²) in [5, 5.41) is 1.07. The Morgan fingerprint density at radius 3 is 2.82 bits per heavy atom.